The number of para-hydroxylation sites is 1. The summed E-state index contributed by atoms with van der Waals surface area (Å²) in [5.74, 6) is 0.762. The first-order valence-electron chi connectivity index (χ1n) is 8.96. The second-order valence-electron chi connectivity index (χ2n) is 7.18. The summed E-state index contributed by atoms with van der Waals surface area (Å²) in [6.07, 6.45) is 4.90. The van der Waals surface area contributed by atoms with Gasteiger partial charge in [-0.25, -0.2) is 0 Å². The predicted molar refractivity (Wildman–Crippen MR) is 93.0 cm³/mol. The van der Waals surface area contributed by atoms with Crippen LogP contribution in [0.2, 0.25) is 0 Å². The van der Waals surface area contributed by atoms with Gasteiger partial charge in [-0.05, 0) is 25.0 Å². The van der Waals surface area contributed by atoms with Gasteiger partial charge < -0.3 is 14.7 Å². The summed E-state index contributed by atoms with van der Waals surface area (Å²) in [7, 11) is 0. The second kappa shape index (κ2) is 7.53. The Morgan fingerprint density at radius 2 is 1.92 bits per heavy atom. The van der Waals surface area contributed by atoms with E-state index in [1.165, 1.54) is 25.7 Å². The molecule has 0 aromatic heterocycles. The number of hydrogen-bond donors (Lipinski definition) is 1. The maximum Gasteiger partial charge on any atom is 0.219 e. The molecule has 0 bridgehead atoms. The Labute approximate surface area is 144 Å². The van der Waals surface area contributed by atoms with Crippen LogP contribution in [0.5, 0.6) is 5.75 Å². The largest absolute Gasteiger partial charge is 0.490 e. The van der Waals surface area contributed by atoms with Gasteiger partial charge in [0.15, 0.2) is 0 Å². The number of rotatable bonds is 4. The quantitative estimate of drug-likeness (QED) is 0.915. The first kappa shape index (κ1) is 17.2. The molecule has 1 saturated carbocycles. The van der Waals surface area contributed by atoms with E-state index in [1.54, 1.807) is 11.8 Å². The lowest BCUT2D eigenvalue weighted by atomic mass is 10.0. The molecule has 2 aliphatic rings. The minimum Gasteiger partial charge on any atom is -0.490 e. The first-order valence-corrected chi connectivity index (χ1v) is 8.96. The lowest BCUT2D eigenvalue weighted by Gasteiger charge is -2.35. The normalized spacial score (nSPS) is 26.3. The molecule has 5 nitrogen and oxygen atoms in total. The SMILES string of the molecule is CC(=O)N1CCN(C2CCCC2)CC(O)(COc2ccccc2)C1. The third kappa shape index (κ3) is 4.28. The van der Waals surface area contributed by atoms with Gasteiger partial charge in [0, 0.05) is 32.6 Å². The van der Waals surface area contributed by atoms with E-state index in [4.69, 9.17) is 4.74 Å². The highest BCUT2D eigenvalue weighted by atomic mass is 16.5. The Morgan fingerprint density at radius 3 is 2.58 bits per heavy atom. The van der Waals surface area contributed by atoms with Gasteiger partial charge in [0.05, 0.1) is 6.54 Å². The Hall–Kier alpha value is -1.59. The van der Waals surface area contributed by atoms with Crippen molar-refractivity contribution in [3.05, 3.63) is 30.3 Å². The summed E-state index contributed by atoms with van der Waals surface area (Å²) in [5, 5.41) is 11.2. The van der Waals surface area contributed by atoms with E-state index < -0.39 is 5.60 Å². The zero-order chi connectivity index (χ0) is 17.0. The number of nitrogens with zero attached hydrogens (tertiary/aromatic N) is 2. The third-order valence-corrected chi connectivity index (χ3v) is 5.18. The lowest BCUT2D eigenvalue weighted by Crippen LogP contribution is -2.53. The van der Waals surface area contributed by atoms with Crippen molar-refractivity contribution < 1.29 is 14.6 Å². The molecule has 1 N–H and O–H groups in total. The van der Waals surface area contributed by atoms with Crippen LogP contribution < -0.4 is 4.74 Å². The highest BCUT2D eigenvalue weighted by Crippen LogP contribution is 2.27. The molecule has 0 spiro atoms. The summed E-state index contributed by atoms with van der Waals surface area (Å²) >= 11 is 0. The molecule has 132 valence electrons. The molecule has 3 rings (SSSR count). The van der Waals surface area contributed by atoms with E-state index in [1.807, 2.05) is 30.3 Å². The van der Waals surface area contributed by atoms with Gasteiger partial charge in [0.25, 0.3) is 0 Å². The van der Waals surface area contributed by atoms with Crippen molar-refractivity contribution in [1.82, 2.24) is 9.80 Å². The molecular formula is C19H28N2O3. The fraction of sp³-hybridized carbons (Fsp3) is 0.632. The number of amides is 1. The Balaban J connectivity index is 1.71. The summed E-state index contributed by atoms with van der Waals surface area (Å²) in [6.45, 7) is 4.18. The molecule has 1 aromatic rings. The molecule has 1 aliphatic carbocycles. The van der Waals surface area contributed by atoms with Crippen molar-refractivity contribution in [1.29, 1.82) is 0 Å². The number of ether oxygens (including phenoxy) is 1. The van der Waals surface area contributed by atoms with Crippen LogP contribution in [0.1, 0.15) is 32.6 Å². The average Bonchev–Trinajstić information content (AvgIpc) is 3.05. The number of aliphatic hydroxyl groups is 1. The molecule has 1 unspecified atom stereocenters. The Morgan fingerprint density at radius 1 is 1.21 bits per heavy atom. The van der Waals surface area contributed by atoms with Gasteiger partial charge in [-0.1, -0.05) is 31.0 Å². The molecule has 5 heteroatoms. The lowest BCUT2D eigenvalue weighted by molar-refractivity contribution is -0.132. The fourth-order valence-electron chi connectivity index (χ4n) is 3.87. The smallest absolute Gasteiger partial charge is 0.219 e. The van der Waals surface area contributed by atoms with Crippen LogP contribution in [0.4, 0.5) is 0 Å². The zero-order valence-electron chi connectivity index (χ0n) is 14.5. The third-order valence-electron chi connectivity index (χ3n) is 5.18. The molecule has 1 aliphatic heterocycles. The van der Waals surface area contributed by atoms with Gasteiger partial charge in [-0.3, -0.25) is 9.69 Å². The number of β-amino-alcohol motifs (C(OH)–C–C–N with tert-alkyl or cyclic N) is 1. The standard InChI is InChI=1S/C19H28N2O3/c1-16(22)20-11-12-21(17-7-5-6-8-17)14-19(23,13-20)15-24-18-9-3-2-4-10-18/h2-4,9-10,17,23H,5-8,11-15H2,1H3. The van der Waals surface area contributed by atoms with Gasteiger partial charge in [-0.2, -0.15) is 0 Å². The highest BCUT2D eigenvalue weighted by Gasteiger charge is 2.39. The van der Waals surface area contributed by atoms with Crippen LogP contribution >= 0.6 is 0 Å². The van der Waals surface area contributed by atoms with Crippen molar-refractivity contribution in [2.75, 3.05) is 32.8 Å². The molecule has 0 radical (unpaired) electrons. The summed E-state index contributed by atoms with van der Waals surface area (Å²) in [6, 6.07) is 10.1. The number of carbonyl (C=O) groups is 1. The highest BCUT2D eigenvalue weighted by molar-refractivity contribution is 5.73. The van der Waals surface area contributed by atoms with Crippen LogP contribution in [-0.2, 0) is 4.79 Å². The van der Waals surface area contributed by atoms with E-state index in [0.29, 0.717) is 25.7 Å². The molecule has 1 aromatic carbocycles. The summed E-state index contributed by atoms with van der Waals surface area (Å²) in [5.41, 5.74) is -1.04. The maximum absolute atomic E-state index is 11.9. The Bertz CT molecular complexity index is 545. The fourth-order valence-corrected chi connectivity index (χ4v) is 3.87. The molecular weight excluding hydrogens is 304 g/mol. The van der Waals surface area contributed by atoms with Gasteiger partial charge >= 0.3 is 0 Å². The number of hydrogen-bond acceptors (Lipinski definition) is 4. The topological polar surface area (TPSA) is 53.0 Å². The predicted octanol–water partition coefficient (Wildman–Crippen LogP) is 1.90. The molecule has 1 atom stereocenters. The summed E-state index contributed by atoms with van der Waals surface area (Å²) < 4.78 is 5.83. The number of carbonyl (C=O) groups excluding carboxylic acids is 1. The minimum atomic E-state index is -1.04. The van der Waals surface area contributed by atoms with Crippen molar-refractivity contribution in [2.24, 2.45) is 0 Å². The van der Waals surface area contributed by atoms with Crippen LogP contribution in [0, 0.1) is 0 Å². The molecule has 24 heavy (non-hydrogen) atoms. The van der Waals surface area contributed by atoms with Crippen molar-refractivity contribution >= 4 is 5.91 Å². The summed E-state index contributed by atoms with van der Waals surface area (Å²) in [4.78, 5) is 16.0. The van der Waals surface area contributed by atoms with E-state index in [0.717, 1.165) is 12.3 Å². The van der Waals surface area contributed by atoms with E-state index in [-0.39, 0.29) is 12.5 Å². The number of benzene rings is 1. The van der Waals surface area contributed by atoms with Crippen molar-refractivity contribution in [2.45, 2.75) is 44.2 Å². The van der Waals surface area contributed by atoms with E-state index >= 15 is 0 Å². The minimum absolute atomic E-state index is 0.0152. The van der Waals surface area contributed by atoms with E-state index in [9.17, 15) is 9.90 Å². The van der Waals surface area contributed by atoms with Crippen LogP contribution in [0.15, 0.2) is 30.3 Å². The van der Waals surface area contributed by atoms with Crippen molar-refractivity contribution in [3.63, 3.8) is 0 Å². The maximum atomic E-state index is 11.9. The second-order valence-corrected chi connectivity index (χ2v) is 7.18. The molecule has 1 saturated heterocycles. The Kier molecular flexibility index (Phi) is 5.41. The molecule has 2 fully saturated rings. The van der Waals surface area contributed by atoms with Gasteiger partial charge in [0.2, 0.25) is 5.91 Å². The van der Waals surface area contributed by atoms with Gasteiger partial charge in [-0.15, -0.1) is 0 Å². The molecule has 1 amide bonds. The van der Waals surface area contributed by atoms with Crippen LogP contribution in [0.3, 0.4) is 0 Å². The first-order chi connectivity index (χ1) is 11.6. The van der Waals surface area contributed by atoms with Gasteiger partial charge in [0.1, 0.15) is 18.0 Å². The monoisotopic (exact) mass is 332 g/mol. The molecule has 1 heterocycles. The van der Waals surface area contributed by atoms with Crippen molar-refractivity contribution in [3.8, 4) is 5.75 Å². The average molecular weight is 332 g/mol. The van der Waals surface area contributed by atoms with Crippen LogP contribution in [0.25, 0.3) is 0 Å². The zero-order valence-corrected chi connectivity index (χ0v) is 14.5. The van der Waals surface area contributed by atoms with Crippen LogP contribution in [-0.4, -0.2) is 65.2 Å². The van der Waals surface area contributed by atoms with E-state index in [2.05, 4.69) is 4.90 Å².